The van der Waals surface area contributed by atoms with Crippen LogP contribution in [0.4, 0.5) is 26.3 Å². The Morgan fingerprint density at radius 2 is 0.899 bits per heavy atom. The number of hydrogen-bond donors (Lipinski definition) is 1. The van der Waals surface area contributed by atoms with Crippen molar-refractivity contribution in [2.75, 3.05) is 33.5 Å². The van der Waals surface area contributed by atoms with Gasteiger partial charge in [0.2, 0.25) is 0 Å². The van der Waals surface area contributed by atoms with Crippen LogP contribution in [0.1, 0.15) is 64.8 Å². The number of nitrogens with zero attached hydrogens (tertiary/aromatic N) is 6. The molecule has 0 atom stereocenters. The lowest BCUT2D eigenvalue weighted by Crippen LogP contribution is -2.37. The van der Waals surface area contributed by atoms with Gasteiger partial charge in [0, 0.05) is 76.4 Å². The number of pyridine rings is 2. The molecule has 0 saturated heterocycles. The molecule has 0 unspecified atom stereocenters. The van der Waals surface area contributed by atoms with E-state index in [1.165, 1.54) is 28.6 Å². The number of ether oxygens (including phenoxy) is 5. The van der Waals surface area contributed by atoms with E-state index in [0.717, 1.165) is 35.6 Å². The molecule has 0 fully saturated rings. The Bertz CT molecular complexity index is 2870. The summed E-state index contributed by atoms with van der Waals surface area (Å²) in [5.41, 5.74) is 0.126. The van der Waals surface area contributed by atoms with Crippen molar-refractivity contribution in [1.82, 2.24) is 29.1 Å². The van der Waals surface area contributed by atoms with Gasteiger partial charge in [-0.1, -0.05) is 67.0 Å². The third kappa shape index (κ3) is 17.8. The molecule has 4 heterocycles. The van der Waals surface area contributed by atoms with E-state index in [-0.39, 0.29) is 44.3 Å². The van der Waals surface area contributed by atoms with Gasteiger partial charge in [-0.05, 0) is 111 Å². The zero-order valence-corrected chi connectivity index (χ0v) is 49.0. The topological polar surface area (TPSA) is 162 Å². The second kappa shape index (κ2) is 27.2. The maximum absolute atomic E-state index is 13.4. The van der Waals surface area contributed by atoms with Crippen molar-refractivity contribution in [3.8, 4) is 56.8 Å². The van der Waals surface area contributed by atoms with Crippen LogP contribution < -0.4 is 9.47 Å². The molecule has 6 rings (SSSR count). The van der Waals surface area contributed by atoms with Crippen LogP contribution in [0.15, 0.2) is 97.6 Å². The van der Waals surface area contributed by atoms with Crippen molar-refractivity contribution in [2.24, 2.45) is 10.8 Å². The first-order valence-corrected chi connectivity index (χ1v) is 33.7. The predicted octanol–water partition coefficient (Wildman–Crippen LogP) is 14.5. The quantitative estimate of drug-likeness (QED) is 0.0237. The smallest absolute Gasteiger partial charge is 0.434 e. The molecule has 1 N–H and O–H groups in total. The zero-order valence-electron chi connectivity index (χ0n) is 47.0. The summed E-state index contributed by atoms with van der Waals surface area (Å²) in [5, 5.41) is 9.59. The predicted molar refractivity (Wildman–Crippen MR) is 297 cm³/mol. The Morgan fingerprint density at radius 1 is 0.544 bits per heavy atom. The highest BCUT2D eigenvalue weighted by Gasteiger charge is 2.39. The molecule has 0 radical (unpaired) electrons. The molecular weight excluding hydrogens is 1070 g/mol. The molecule has 79 heavy (non-hydrogen) atoms. The van der Waals surface area contributed by atoms with Crippen molar-refractivity contribution in [3.05, 3.63) is 109 Å². The number of carboxylic acid groups (broad SMARTS) is 1. The minimum Gasteiger partial charge on any atom is -0.492 e. The van der Waals surface area contributed by atoms with E-state index < -0.39 is 56.7 Å². The Labute approximate surface area is 460 Å². The lowest BCUT2D eigenvalue weighted by Gasteiger charge is -2.28. The number of aromatic nitrogens is 6. The van der Waals surface area contributed by atoms with E-state index in [4.69, 9.17) is 23.7 Å². The van der Waals surface area contributed by atoms with Crippen molar-refractivity contribution in [3.63, 3.8) is 0 Å². The van der Waals surface area contributed by atoms with Crippen LogP contribution in [0.5, 0.6) is 11.5 Å². The molecule has 0 aliphatic heterocycles. The summed E-state index contributed by atoms with van der Waals surface area (Å²) in [7, 11) is -1.29. The fraction of sp³-hybridized carbons (Fsp3) is 0.474. The largest absolute Gasteiger partial charge is 0.492 e. The van der Waals surface area contributed by atoms with Gasteiger partial charge < -0.3 is 37.9 Å². The molecule has 0 bridgehead atoms. The Hall–Kier alpha value is -6.37. The number of carbonyl (C=O) groups excluding carboxylic acids is 1. The van der Waals surface area contributed by atoms with Gasteiger partial charge in [-0.25, -0.2) is 9.97 Å². The Kier molecular flexibility index (Phi) is 21.8. The van der Waals surface area contributed by atoms with Gasteiger partial charge in [0.25, 0.3) is 0 Å². The Balaban J connectivity index is 0.000000291. The van der Waals surface area contributed by atoms with E-state index >= 15 is 0 Å². The van der Waals surface area contributed by atoms with Gasteiger partial charge in [0.1, 0.15) is 60.7 Å². The normalized spacial score (nSPS) is 12.5. The van der Waals surface area contributed by atoms with E-state index in [9.17, 15) is 41.0 Å². The number of carbonyl (C=O) groups is 2. The van der Waals surface area contributed by atoms with Gasteiger partial charge in [-0.15, -0.1) is 0 Å². The fourth-order valence-electron chi connectivity index (χ4n) is 7.96. The highest BCUT2D eigenvalue weighted by molar-refractivity contribution is 6.76. The minimum atomic E-state index is -4.58. The van der Waals surface area contributed by atoms with Crippen molar-refractivity contribution in [2.45, 2.75) is 131 Å². The van der Waals surface area contributed by atoms with E-state index in [1.54, 1.807) is 60.7 Å². The number of imidazole rings is 2. The first-order valence-electron chi connectivity index (χ1n) is 26.2. The van der Waals surface area contributed by atoms with Crippen LogP contribution in [0.2, 0.25) is 51.4 Å². The van der Waals surface area contributed by atoms with E-state index in [2.05, 4.69) is 59.2 Å². The molecule has 430 valence electrons. The SMILES string of the molecule is CCC(CC)(COc1ccc(-c2ccc(-c3nc(C(F)(F)F)cn3COCC[Si](C)(C)C)cn2)cc1)C(=O)O.CCC(CC)(COc1ccc(-c2ccc(-c3nc(C(F)(F)F)cn3COCC[Si](C)(C)C)cn2)cc1)C(=O)OC. The van der Waals surface area contributed by atoms with Crippen LogP contribution in [0.25, 0.3) is 45.3 Å². The maximum atomic E-state index is 13.4. The number of halogens is 6. The number of carboxylic acids is 1. The van der Waals surface area contributed by atoms with Crippen LogP contribution in [-0.2, 0) is 49.6 Å². The summed E-state index contributed by atoms with van der Waals surface area (Å²) in [6, 6.07) is 23.0. The molecule has 14 nitrogen and oxygen atoms in total. The second-order valence-electron chi connectivity index (χ2n) is 21.8. The molecule has 4 aromatic heterocycles. The van der Waals surface area contributed by atoms with E-state index in [1.807, 2.05) is 39.8 Å². The van der Waals surface area contributed by atoms with Crippen LogP contribution in [-0.4, -0.2) is 95.8 Å². The number of alkyl halides is 6. The molecule has 0 saturated carbocycles. The molecule has 2 aromatic carbocycles. The number of aliphatic carboxylic acids is 1. The van der Waals surface area contributed by atoms with Gasteiger partial charge in [-0.3, -0.25) is 19.6 Å². The highest BCUT2D eigenvalue weighted by Crippen LogP contribution is 2.35. The van der Waals surface area contributed by atoms with Gasteiger partial charge >= 0.3 is 24.3 Å². The summed E-state index contributed by atoms with van der Waals surface area (Å²) in [6.07, 6.45) is -2.10. The number of esters is 1. The average molecular weight is 1140 g/mol. The van der Waals surface area contributed by atoms with Crippen LogP contribution in [0, 0.1) is 10.8 Å². The second-order valence-corrected chi connectivity index (χ2v) is 33.0. The number of hydrogen-bond acceptors (Lipinski definition) is 11. The van der Waals surface area contributed by atoms with Gasteiger partial charge in [0.05, 0.1) is 18.5 Å². The average Bonchev–Trinajstić information content (AvgIpc) is 4.10. The third-order valence-electron chi connectivity index (χ3n) is 13.7. The van der Waals surface area contributed by atoms with Gasteiger partial charge in [0.15, 0.2) is 11.4 Å². The first kappa shape index (κ1) is 63.5. The number of benzene rings is 2. The standard InChI is InChI=1S/C29H38F3N3O4Si.C28H36F3N3O4Si/c1-7-28(8-2,27(36)37-3)19-39-23-12-9-21(10-13-23)24-14-11-22(17-33-24)26-34-25(29(30,31)32)18-35(26)20-38-15-16-40(4,5)6;1-6-27(7-2,26(35)36)18-38-22-11-8-20(9-12-22)23-13-10-21(16-32-23)25-33-24(28(29,30)31)17-34(25)19-37-14-15-39(3,4)5/h9-14,17-18H,7-8,15-16,19-20H2,1-6H3;8-13,16-17H,6-7,14-15,18-19H2,1-5H3,(H,35,36). The lowest BCUT2D eigenvalue weighted by atomic mass is 9.83. The summed E-state index contributed by atoms with van der Waals surface area (Å²) in [5.74, 6) is 0.245. The first-order chi connectivity index (χ1) is 37.1. The number of rotatable bonds is 26. The van der Waals surface area contributed by atoms with Crippen LogP contribution >= 0.6 is 0 Å². The summed E-state index contributed by atoms with van der Waals surface area (Å²) >= 11 is 0. The highest BCUT2D eigenvalue weighted by atomic mass is 28.3. The molecule has 0 amide bonds. The summed E-state index contributed by atoms with van der Waals surface area (Å²) in [6.45, 7) is 21.9. The Morgan fingerprint density at radius 3 is 1.19 bits per heavy atom. The molecule has 0 aliphatic carbocycles. The molecule has 22 heteroatoms. The molecule has 0 spiro atoms. The van der Waals surface area contributed by atoms with Crippen LogP contribution in [0.3, 0.4) is 0 Å². The zero-order chi connectivity index (χ0) is 58.4. The minimum absolute atomic E-state index is 0.0283. The molecule has 6 aromatic rings. The van der Waals surface area contributed by atoms with Gasteiger partial charge in [-0.2, -0.15) is 26.3 Å². The summed E-state index contributed by atoms with van der Waals surface area (Å²) < 4.78 is 111. The number of methoxy groups -OCH3 is 1. The monoisotopic (exact) mass is 1140 g/mol. The molecule has 0 aliphatic rings. The lowest BCUT2D eigenvalue weighted by molar-refractivity contribution is -0.155. The van der Waals surface area contributed by atoms with Crippen molar-refractivity contribution >= 4 is 28.1 Å². The maximum Gasteiger partial charge on any atom is 0.434 e. The van der Waals surface area contributed by atoms with Crippen molar-refractivity contribution in [1.29, 1.82) is 0 Å². The van der Waals surface area contributed by atoms with Crippen molar-refractivity contribution < 1.29 is 64.7 Å². The van der Waals surface area contributed by atoms with E-state index in [0.29, 0.717) is 72.9 Å². The fourth-order valence-corrected chi connectivity index (χ4v) is 9.48. The summed E-state index contributed by atoms with van der Waals surface area (Å²) in [4.78, 5) is 40.6. The third-order valence-corrected chi connectivity index (χ3v) is 17.1. The molecular formula is C57H74F6N6O8Si2.